The summed E-state index contributed by atoms with van der Waals surface area (Å²) in [6, 6.07) is 4.23. The molecule has 0 saturated heterocycles. The lowest BCUT2D eigenvalue weighted by Gasteiger charge is -2.03. The Bertz CT molecular complexity index is 483. The number of nitrogens with zero attached hydrogens (tertiary/aromatic N) is 1. The first-order chi connectivity index (χ1) is 7.47. The van der Waals surface area contributed by atoms with Crippen LogP contribution in [0.4, 0.5) is 0 Å². The Labute approximate surface area is 94.6 Å². The lowest BCUT2D eigenvalue weighted by molar-refractivity contribution is 0.0995. The van der Waals surface area contributed by atoms with Gasteiger partial charge in [-0.25, -0.2) is 13.4 Å². The van der Waals surface area contributed by atoms with Crippen molar-refractivity contribution in [3.8, 4) is 0 Å². The molecule has 0 aliphatic heterocycles. The number of primary amides is 1. The van der Waals surface area contributed by atoms with Crippen LogP contribution in [0, 0.1) is 0 Å². The van der Waals surface area contributed by atoms with Gasteiger partial charge in [-0.05, 0) is 18.6 Å². The molecule has 0 fully saturated rings. The second kappa shape index (κ2) is 5.07. The van der Waals surface area contributed by atoms with E-state index in [4.69, 9.17) is 5.73 Å². The van der Waals surface area contributed by atoms with E-state index in [0.717, 1.165) is 6.42 Å². The Morgan fingerprint density at radius 3 is 2.69 bits per heavy atom. The van der Waals surface area contributed by atoms with Gasteiger partial charge in [-0.3, -0.25) is 4.79 Å². The number of unbranched alkanes of at least 4 members (excludes halogenated alkanes) is 1. The van der Waals surface area contributed by atoms with E-state index in [0.29, 0.717) is 6.42 Å². The van der Waals surface area contributed by atoms with Gasteiger partial charge in [0.2, 0.25) is 0 Å². The van der Waals surface area contributed by atoms with E-state index in [-0.39, 0.29) is 16.5 Å². The van der Waals surface area contributed by atoms with Gasteiger partial charge >= 0.3 is 0 Å². The number of carbonyl (C=O) groups excluding carboxylic acids is 1. The maximum absolute atomic E-state index is 11.8. The van der Waals surface area contributed by atoms with E-state index in [1.165, 1.54) is 18.2 Å². The largest absolute Gasteiger partial charge is 0.364 e. The molecule has 0 radical (unpaired) electrons. The summed E-state index contributed by atoms with van der Waals surface area (Å²) in [4.78, 5) is 14.6. The molecule has 1 rings (SSSR count). The maximum Gasteiger partial charge on any atom is 0.267 e. The molecule has 1 amide bonds. The van der Waals surface area contributed by atoms with E-state index >= 15 is 0 Å². The van der Waals surface area contributed by atoms with E-state index in [1.54, 1.807) is 0 Å². The van der Waals surface area contributed by atoms with Crippen LogP contribution in [0.3, 0.4) is 0 Å². The van der Waals surface area contributed by atoms with E-state index in [9.17, 15) is 13.2 Å². The molecule has 16 heavy (non-hydrogen) atoms. The fourth-order valence-corrected chi connectivity index (χ4v) is 2.57. The first-order valence-corrected chi connectivity index (χ1v) is 6.62. The van der Waals surface area contributed by atoms with E-state index < -0.39 is 15.7 Å². The molecule has 0 aromatic carbocycles. The zero-order chi connectivity index (χ0) is 12.2. The van der Waals surface area contributed by atoms with Gasteiger partial charge in [-0.15, -0.1) is 0 Å². The topological polar surface area (TPSA) is 90.1 Å². The molecule has 88 valence electrons. The van der Waals surface area contributed by atoms with Crippen LogP contribution >= 0.6 is 0 Å². The Hall–Kier alpha value is -1.43. The van der Waals surface area contributed by atoms with Crippen LogP contribution in [0.1, 0.15) is 30.3 Å². The molecule has 0 spiro atoms. The third-order valence-electron chi connectivity index (χ3n) is 2.06. The molecule has 1 aromatic rings. The Balaban J connectivity index is 3.04. The number of hydrogen-bond acceptors (Lipinski definition) is 4. The zero-order valence-corrected chi connectivity index (χ0v) is 9.83. The second-order valence-electron chi connectivity index (χ2n) is 3.40. The third kappa shape index (κ3) is 3.03. The lowest BCUT2D eigenvalue weighted by atomic mass is 10.3. The van der Waals surface area contributed by atoms with Crippen molar-refractivity contribution in [3.05, 3.63) is 23.9 Å². The molecule has 0 saturated carbocycles. The number of rotatable bonds is 5. The van der Waals surface area contributed by atoms with Crippen LogP contribution in [0.25, 0.3) is 0 Å². The quantitative estimate of drug-likeness (QED) is 0.825. The standard InChI is InChI=1S/C10H14N2O3S/c1-2-3-7-16(14,15)9-6-4-5-8(12-9)10(11)13/h4-6H,2-3,7H2,1H3,(H2,11,13). The van der Waals surface area contributed by atoms with Gasteiger partial charge < -0.3 is 5.73 Å². The van der Waals surface area contributed by atoms with Crippen molar-refractivity contribution in [2.45, 2.75) is 24.8 Å². The van der Waals surface area contributed by atoms with Crippen molar-refractivity contribution in [2.75, 3.05) is 5.75 Å². The average molecular weight is 242 g/mol. The highest BCUT2D eigenvalue weighted by molar-refractivity contribution is 7.91. The van der Waals surface area contributed by atoms with Gasteiger partial charge in [0.05, 0.1) is 5.75 Å². The first kappa shape index (κ1) is 12.6. The predicted octanol–water partition coefficient (Wildman–Crippen LogP) is 0.754. The highest BCUT2D eigenvalue weighted by Crippen LogP contribution is 2.10. The number of sulfone groups is 1. The molecule has 0 bridgehead atoms. The van der Waals surface area contributed by atoms with Gasteiger partial charge in [0.15, 0.2) is 14.9 Å². The normalized spacial score (nSPS) is 11.3. The first-order valence-electron chi connectivity index (χ1n) is 4.97. The number of nitrogens with two attached hydrogens (primary N) is 1. The minimum Gasteiger partial charge on any atom is -0.364 e. The molecule has 2 N–H and O–H groups in total. The minimum absolute atomic E-state index is 0.0300. The molecule has 1 aromatic heterocycles. The number of amides is 1. The smallest absolute Gasteiger partial charge is 0.267 e. The van der Waals surface area contributed by atoms with Crippen molar-refractivity contribution in [1.29, 1.82) is 0 Å². The van der Waals surface area contributed by atoms with Gasteiger partial charge in [-0.1, -0.05) is 19.4 Å². The molecule has 0 aliphatic rings. The van der Waals surface area contributed by atoms with Crippen LogP contribution in [0.5, 0.6) is 0 Å². The lowest BCUT2D eigenvalue weighted by Crippen LogP contribution is -2.16. The van der Waals surface area contributed by atoms with E-state index in [1.807, 2.05) is 6.92 Å². The fourth-order valence-electron chi connectivity index (χ4n) is 1.16. The molecule has 5 nitrogen and oxygen atoms in total. The molecule has 0 unspecified atom stereocenters. The van der Waals surface area contributed by atoms with Gasteiger partial charge in [0.1, 0.15) is 5.69 Å². The van der Waals surface area contributed by atoms with E-state index in [2.05, 4.69) is 4.98 Å². The maximum atomic E-state index is 11.8. The van der Waals surface area contributed by atoms with Gasteiger partial charge in [-0.2, -0.15) is 0 Å². The van der Waals surface area contributed by atoms with Gasteiger partial charge in [0.25, 0.3) is 5.91 Å². The summed E-state index contributed by atoms with van der Waals surface area (Å²) >= 11 is 0. The fraction of sp³-hybridized carbons (Fsp3) is 0.400. The molecular formula is C10H14N2O3S. The Morgan fingerprint density at radius 2 is 2.12 bits per heavy atom. The summed E-state index contributed by atoms with van der Waals surface area (Å²) in [6.45, 7) is 1.91. The summed E-state index contributed by atoms with van der Waals surface area (Å²) < 4.78 is 23.5. The summed E-state index contributed by atoms with van der Waals surface area (Å²) in [5, 5.41) is -0.0859. The minimum atomic E-state index is -3.40. The Morgan fingerprint density at radius 1 is 1.44 bits per heavy atom. The van der Waals surface area contributed by atoms with Crippen molar-refractivity contribution in [3.63, 3.8) is 0 Å². The van der Waals surface area contributed by atoms with Crippen molar-refractivity contribution in [1.82, 2.24) is 4.98 Å². The van der Waals surface area contributed by atoms with Crippen LogP contribution in [0.2, 0.25) is 0 Å². The monoisotopic (exact) mass is 242 g/mol. The Kier molecular flexibility index (Phi) is 4.00. The predicted molar refractivity (Wildman–Crippen MR) is 59.7 cm³/mol. The van der Waals surface area contributed by atoms with Crippen molar-refractivity contribution < 1.29 is 13.2 Å². The third-order valence-corrected chi connectivity index (χ3v) is 3.75. The summed E-state index contributed by atoms with van der Waals surface area (Å²) in [5.41, 5.74) is 5.00. The highest BCUT2D eigenvalue weighted by Gasteiger charge is 2.16. The van der Waals surface area contributed by atoms with Crippen molar-refractivity contribution in [2.24, 2.45) is 5.73 Å². The summed E-state index contributed by atoms with van der Waals surface area (Å²) in [7, 11) is -3.40. The SMILES string of the molecule is CCCCS(=O)(=O)c1cccc(C(N)=O)n1. The molecule has 0 aliphatic carbocycles. The summed E-state index contributed by atoms with van der Waals surface area (Å²) in [5.74, 6) is -0.689. The average Bonchev–Trinajstić information content (AvgIpc) is 2.26. The van der Waals surface area contributed by atoms with Crippen molar-refractivity contribution >= 4 is 15.7 Å². The molecule has 6 heteroatoms. The number of carbonyl (C=O) groups is 1. The number of hydrogen-bond donors (Lipinski definition) is 1. The number of pyridine rings is 1. The molecule has 0 atom stereocenters. The molecule has 1 heterocycles. The van der Waals surface area contributed by atoms with Crippen LogP contribution < -0.4 is 5.73 Å². The van der Waals surface area contributed by atoms with Gasteiger partial charge in [0, 0.05) is 0 Å². The van der Waals surface area contributed by atoms with Crippen LogP contribution in [-0.4, -0.2) is 25.1 Å². The van der Waals surface area contributed by atoms with Crippen LogP contribution in [0.15, 0.2) is 23.2 Å². The number of aromatic nitrogens is 1. The molecular weight excluding hydrogens is 228 g/mol. The zero-order valence-electron chi connectivity index (χ0n) is 9.01. The second-order valence-corrected chi connectivity index (χ2v) is 5.45. The highest BCUT2D eigenvalue weighted by atomic mass is 32.2. The summed E-state index contributed by atoms with van der Waals surface area (Å²) in [6.07, 6.45) is 1.36. The van der Waals surface area contributed by atoms with Crippen LogP contribution in [-0.2, 0) is 9.84 Å².